The van der Waals surface area contributed by atoms with Crippen LogP contribution in [0.1, 0.15) is 98.3 Å². The van der Waals surface area contributed by atoms with Crippen LogP contribution in [0.15, 0.2) is 0 Å². The molecule has 0 aromatic heterocycles. The number of halogens is 3. The van der Waals surface area contributed by atoms with Crippen molar-refractivity contribution in [3.63, 3.8) is 0 Å². The summed E-state index contributed by atoms with van der Waals surface area (Å²) < 4.78 is 44.8. The fourth-order valence-corrected chi connectivity index (χ4v) is 5.71. The van der Waals surface area contributed by atoms with Gasteiger partial charge in [-0.05, 0) is 54.8 Å². The molecule has 0 aliphatic heterocycles. The van der Waals surface area contributed by atoms with Crippen molar-refractivity contribution in [1.82, 2.24) is 0 Å². The van der Waals surface area contributed by atoms with E-state index in [1.807, 2.05) is 13.8 Å². The zero-order chi connectivity index (χ0) is 20.0. The fraction of sp³-hybridized carbons (Fsp3) is 1.00. The number of rotatable bonds is 9. The van der Waals surface area contributed by atoms with Crippen LogP contribution >= 0.6 is 0 Å². The van der Waals surface area contributed by atoms with E-state index in [0.29, 0.717) is 18.3 Å². The third-order valence-electron chi connectivity index (χ3n) is 8.07. The molecule has 0 N–H and O–H groups in total. The van der Waals surface area contributed by atoms with Gasteiger partial charge in [-0.15, -0.1) is 0 Å². The molecule has 2 fully saturated rings. The summed E-state index contributed by atoms with van der Waals surface area (Å²) in [5, 5.41) is 0. The highest BCUT2D eigenvalue weighted by Crippen LogP contribution is 2.44. The first kappa shape index (κ1) is 23.1. The Labute approximate surface area is 166 Å². The number of hydrogen-bond donors (Lipinski definition) is 0. The maximum absolute atomic E-state index is 15.0. The van der Waals surface area contributed by atoms with Gasteiger partial charge in [0.05, 0.1) is 0 Å². The van der Waals surface area contributed by atoms with Crippen molar-refractivity contribution in [1.29, 1.82) is 0 Å². The Balaban J connectivity index is 1.87. The molecule has 0 amide bonds. The van der Waals surface area contributed by atoms with E-state index < -0.39 is 24.4 Å². The minimum absolute atomic E-state index is 0.175. The minimum atomic E-state index is -1.54. The van der Waals surface area contributed by atoms with Gasteiger partial charge in [0.15, 0.2) is 0 Å². The molecule has 0 heterocycles. The Morgan fingerprint density at radius 3 is 2.11 bits per heavy atom. The Morgan fingerprint density at radius 1 is 0.852 bits per heavy atom. The first-order chi connectivity index (χ1) is 12.9. The summed E-state index contributed by atoms with van der Waals surface area (Å²) in [7, 11) is 0. The van der Waals surface area contributed by atoms with Crippen LogP contribution in [0.3, 0.4) is 0 Å². The van der Waals surface area contributed by atoms with Crippen LogP contribution in [0.4, 0.5) is 13.2 Å². The quantitative estimate of drug-likeness (QED) is 0.374. The molecule has 3 heteroatoms. The maximum Gasteiger partial charge on any atom is 0.134 e. The molecule has 160 valence electrons. The van der Waals surface area contributed by atoms with Crippen molar-refractivity contribution < 1.29 is 13.2 Å². The summed E-state index contributed by atoms with van der Waals surface area (Å²) in [5.74, 6) is 0.178. The van der Waals surface area contributed by atoms with Crippen LogP contribution in [0.5, 0.6) is 0 Å². The van der Waals surface area contributed by atoms with Crippen LogP contribution in [0, 0.1) is 35.5 Å². The molecule has 0 aromatic rings. The summed E-state index contributed by atoms with van der Waals surface area (Å²) in [5.41, 5.74) is 0. The number of unbranched alkanes of at least 4 members (excludes halogenated alkanes) is 1. The number of hydrogen-bond acceptors (Lipinski definition) is 0. The molecule has 2 aliphatic carbocycles. The van der Waals surface area contributed by atoms with Crippen molar-refractivity contribution >= 4 is 0 Å². The van der Waals surface area contributed by atoms with Gasteiger partial charge in [0.25, 0.3) is 0 Å². The highest BCUT2D eigenvalue weighted by molar-refractivity contribution is 4.91. The van der Waals surface area contributed by atoms with Gasteiger partial charge in [-0.3, -0.25) is 0 Å². The molecule has 27 heavy (non-hydrogen) atoms. The standard InChI is InChI=1S/C24H43F3/c1-5-6-10-16(2)17(3)23(26)24(27)18(4)21-14-13-20(15-22(21)25)19-11-8-7-9-12-19/h16-24H,5-15H2,1-4H3. The molecule has 0 aromatic carbocycles. The Morgan fingerprint density at radius 2 is 1.52 bits per heavy atom. The zero-order valence-corrected chi connectivity index (χ0v) is 18.1. The van der Waals surface area contributed by atoms with Crippen molar-refractivity contribution in [2.75, 3.05) is 0 Å². The summed E-state index contributed by atoms with van der Waals surface area (Å²) in [6, 6.07) is 0. The number of alkyl halides is 3. The van der Waals surface area contributed by atoms with Crippen molar-refractivity contribution in [2.24, 2.45) is 35.5 Å². The zero-order valence-electron chi connectivity index (χ0n) is 18.1. The molecular weight excluding hydrogens is 345 g/mol. The Kier molecular flexibility index (Phi) is 9.48. The molecule has 8 atom stereocenters. The van der Waals surface area contributed by atoms with E-state index in [9.17, 15) is 13.2 Å². The van der Waals surface area contributed by atoms with Crippen molar-refractivity contribution in [3.05, 3.63) is 0 Å². The third kappa shape index (κ3) is 6.13. The molecule has 2 saturated carbocycles. The van der Waals surface area contributed by atoms with Gasteiger partial charge in [0.2, 0.25) is 0 Å². The molecule has 0 bridgehead atoms. The third-order valence-corrected chi connectivity index (χ3v) is 8.07. The van der Waals surface area contributed by atoms with Gasteiger partial charge >= 0.3 is 0 Å². The van der Waals surface area contributed by atoms with Crippen LogP contribution in [-0.4, -0.2) is 18.5 Å². The van der Waals surface area contributed by atoms with Gasteiger partial charge in [0, 0.05) is 0 Å². The second-order valence-corrected chi connectivity index (χ2v) is 9.88. The summed E-state index contributed by atoms with van der Waals surface area (Å²) in [4.78, 5) is 0. The molecule has 0 saturated heterocycles. The monoisotopic (exact) mass is 388 g/mol. The topological polar surface area (TPSA) is 0 Å². The van der Waals surface area contributed by atoms with Gasteiger partial charge in [-0.1, -0.05) is 79.1 Å². The van der Waals surface area contributed by atoms with E-state index in [1.165, 1.54) is 32.1 Å². The summed E-state index contributed by atoms with van der Waals surface area (Å²) in [6.07, 6.45) is 7.77. The van der Waals surface area contributed by atoms with E-state index in [2.05, 4.69) is 6.92 Å². The lowest BCUT2D eigenvalue weighted by atomic mass is 9.67. The molecule has 2 rings (SSSR count). The smallest absolute Gasteiger partial charge is 0.134 e. The predicted octanol–water partition coefficient (Wildman–Crippen LogP) is 8.10. The Bertz CT molecular complexity index is 406. The molecule has 0 spiro atoms. The minimum Gasteiger partial charge on any atom is -0.247 e. The summed E-state index contributed by atoms with van der Waals surface area (Å²) >= 11 is 0. The predicted molar refractivity (Wildman–Crippen MR) is 109 cm³/mol. The van der Waals surface area contributed by atoms with Crippen LogP contribution < -0.4 is 0 Å². The van der Waals surface area contributed by atoms with Gasteiger partial charge < -0.3 is 0 Å². The van der Waals surface area contributed by atoms with Crippen molar-refractivity contribution in [3.8, 4) is 0 Å². The average Bonchev–Trinajstić information content (AvgIpc) is 2.70. The van der Waals surface area contributed by atoms with E-state index in [-0.39, 0.29) is 17.8 Å². The lowest BCUT2D eigenvalue weighted by molar-refractivity contribution is -0.00849. The highest BCUT2D eigenvalue weighted by atomic mass is 19.2. The van der Waals surface area contributed by atoms with Gasteiger partial charge in [0.1, 0.15) is 18.5 Å². The largest absolute Gasteiger partial charge is 0.247 e. The Hall–Kier alpha value is -0.210. The van der Waals surface area contributed by atoms with E-state index in [0.717, 1.165) is 32.1 Å². The highest BCUT2D eigenvalue weighted by Gasteiger charge is 2.43. The second kappa shape index (κ2) is 11.1. The van der Waals surface area contributed by atoms with Gasteiger partial charge in [-0.2, -0.15) is 0 Å². The molecule has 8 unspecified atom stereocenters. The van der Waals surface area contributed by atoms with E-state index in [4.69, 9.17) is 0 Å². The summed E-state index contributed by atoms with van der Waals surface area (Å²) in [6.45, 7) is 7.73. The van der Waals surface area contributed by atoms with Crippen molar-refractivity contribution in [2.45, 2.75) is 117 Å². The van der Waals surface area contributed by atoms with Crippen LogP contribution in [0.2, 0.25) is 0 Å². The molecule has 2 aliphatic rings. The van der Waals surface area contributed by atoms with E-state index in [1.54, 1.807) is 6.92 Å². The lowest BCUT2D eigenvalue weighted by Crippen LogP contribution is -2.41. The SMILES string of the molecule is CCCCC(C)C(C)C(F)C(F)C(C)C1CCC(C2CCCCC2)CC1F. The van der Waals surface area contributed by atoms with E-state index >= 15 is 0 Å². The van der Waals surface area contributed by atoms with Gasteiger partial charge in [-0.25, -0.2) is 13.2 Å². The maximum atomic E-state index is 15.0. The second-order valence-electron chi connectivity index (χ2n) is 9.88. The lowest BCUT2D eigenvalue weighted by Gasteiger charge is -2.41. The average molecular weight is 389 g/mol. The first-order valence-corrected chi connectivity index (χ1v) is 11.8. The fourth-order valence-electron chi connectivity index (χ4n) is 5.71. The normalized spacial score (nSPS) is 33.2. The first-order valence-electron chi connectivity index (χ1n) is 11.8. The van der Waals surface area contributed by atoms with Crippen LogP contribution in [0.25, 0.3) is 0 Å². The molecule has 0 radical (unpaired) electrons. The molecular formula is C24H43F3. The van der Waals surface area contributed by atoms with Crippen LogP contribution in [-0.2, 0) is 0 Å². The molecule has 0 nitrogen and oxygen atoms in total.